The van der Waals surface area contributed by atoms with Crippen molar-refractivity contribution in [3.8, 4) is 0 Å². The summed E-state index contributed by atoms with van der Waals surface area (Å²) in [6, 6.07) is 0.0451. The van der Waals surface area contributed by atoms with Crippen LogP contribution in [0.3, 0.4) is 0 Å². The highest BCUT2D eigenvalue weighted by Gasteiger charge is 2.15. The van der Waals surface area contributed by atoms with E-state index >= 15 is 0 Å². The Balaban J connectivity index is 2.06. The van der Waals surface area contributed by atoms with Crippen molar-refractivity contribution in [1.82, 2.24) is 16.0 Å². The van der Waals surface area contributed by atoms with Gasteiger partial charge in [-0.25, -0.2) is 4.79 Å². The Labute approximate surface area is 115 Å². The van der Waals surface area contributed by atoms with Crippen molar-refractivity contribution >= 4 is 11.9 Å². The van der Waals surface area contributed by atoms with Gasteiger partial charge in [-0.15, -0.1) is 0 Å². The molecule has 110 valence electrons. The van der Waals surface area contributed by atoms with E-state index in [1.807, 2.05) is 0 Å². The average Bonchev–Trinajstić information content (AvgIpc) is 2.37. The van der Waals surface area contributed by atoms with Gasteiger partial charge in [0.1, 0.15) is 0 Å². The first-order valence-corrected chi connectivity index (χ1v) is 7.39. The Hall–Kier alpha value is -1.26. The number of hydrogen-bond donors (Lipinski definition) is 3. The minimum absolute atomic E-state index is 0.0522. The van der Waals surface area contributed by atoms with Crippen LogP contribution in [0.15, 0.2) is 0 Å². The molecular formula is C14H27N3O2. The number of carbonyl (C=O) groups excluding carboxylic acids is 2. The first kappa shape index (κ1) is 15.8. The largest absolute Gasteiger partial charge is 0.355 e. The quantitative estimate of drug-likeness (QED) is 0.688. The van der Waals surface area contributed by atoms with Crippen molar-refractivity contribution in [2.45, 2.75) is 58.4 Å². The highest BCUT2D eigenvalue weighted by Crippen LogP contribution is 2.16. The van der Waals surface area contributed by atoms with Crippen LogP contribution >= 0.6 is 0 Å². The number of carbonyl (C=O) groups is 2. The molecule has 0 aromatic heterocycles. The molecule has 1 rings (SSSR count). The topological polar surface area (TPSA) is 70.2 Å². The molecule has 1 aliphatic rings. The van der Waals surface area contributed by atoms with Gasteiger partial charge in [-0.3, -0.25) is 4.79 Å². The summed E-state index contributed by atoms with van der Waals surface area (Å²) in [5.74, 6) is 0.447. The molecule has 1 fully saturated rings. The van der Waals surface area contributed by atoms with Gasteiger partial charge in [-0.2, -0.15) is 0 Å². The lowest BCUT2D eigenvalue weighted by atomic mass is 9.96. The van der Waals surface area contributed by atoms with Crippen molar-refractivity contribution in [2.75, 3.05) is 13.1 Å². The summed E-state index contributed by atoms with van der Waals surface area (Å²) >= 11 is 0. The van der Waals surface area contributed by atoms with Gasteiger partial charge in [-0.1, -0.05) is 33.1 Å². The number of rotatable bonds is 6. The molecule has 0 saturated heterocycles. The summed E-state index contributed by atoms with van der Waals surface area (Å²) in [5.41, 5.74) is 0. The molecule has 0 aromatic rings. The highest BCUT2D eigenvalue weighted by molar-refractivity contribution is 5.83. The fourth-order valence-corrected chi connectivity index (χ4v) is 2.21. The molecule has 0 aromatic carbocycles. The highest BCUT2D eigenvalue weighted by atomic mass is 16.2. The van der Waals surface area contributed by atoms with Crippen LogP contribution in [-0.4, -0.2) is 31.1 Å². The lowest BCUT2D eigenvalue weighted by Crippen LogP contribution is -2.46. The molecule has 0 heterocycles. The van der Waals surface area contributed by atoms with Crippen molar-refractivity contribution in [1.29, 1.82) is 0 Å². The molecule has 1 saturated carbocycles. The average molecular weight is 269 g/mol. The predicted octanol–water partition coefficient (Wildman–Crippen LogP) is 1.78. The number of urea groups is 1. The van der Waals surface area contributed by atoms with Gasteiger partial charge < -0.3 is 16.0 Å². The lowest BCUT2D eigenvalue weighted by molar-refractivity contribution is -0.120. The normalized spacial score (nSPS) is 16.2. The van der Waals surface area contributed by atoms with Crippen molar-refractivity contribution in [2.24, 2.45) is 5.92 Å². The van der Waals surface area contributed by atoms with Crippen LogP contribution in [0, 0.1) is 5.92 Å². The lowest BCUT2D eigenvalue weighted by Gasteiger charge is -2.22. The third kappa shape index (κ3) is 7.70. The molecule has 5 nitrogen and oxygen atoms in total. The molecule has 5 heteroatoms. The molecule has 19 heavy (non-hydrogen) atoms. The van der Waals surface area contributed by atoms with Crippen LogP contribution in [0.2, 0.25) is 0 Å². The van der Waals surface area contributed by atoms with E-state index < -0.39 is 0 Å². The molecule has 0 aliphatic heterocycles. The third-order valence-electron chi connectivity index (χ3n) is 3.39. The summed E-state index contributed by atoms with van der Waals surface area (Å²) in [6.45, 7) is 4.95. The minimum atomic E-state index is -0.231. The van der Waals surface area contributed by atoms with Crippen molar-refractivity contribution < 1.29 is 9.59 Å². The Morgan fingerprint density at radius 1 is 1.11 bits per heavy atom. The van der Waals surface area contributed by atoms with E-state index in [2.05, 4.69) is 29.8 Å². The second kappa shape index (κ2) is 8.77. The second-order valence-electron chi connectivity index (χ2n) is 5.69. The molecule has 3 N–H and O–H groups in total. The monoisotopic (exact) mass is 269 g/mol. The van der Waals surface area contributed by atoms with Gasteiger partial charge in [-0.05, 0) is 25.2 Å². The van der Waals surface area contributed by atoms with Crippen molar-refractivity contribution in [3.05, 3.63) is 0 Å². The Morgan fingerprint density at radius 2 is 1.79 bits per heavy atom. The summed E-state index contributed by atoms with van der Waals surface area (Å²) in [7, 11) is 0. The van der Waals surface area contributed by atoms with Gasteiger partial charge in [0, 0.05) is 12.6 Å². The third-order valence-corrected chi connectivity index (χ3v) is 3.39. The van der Waals surface area contributed by atoms with Gasteiger partial charge >= 0.3 is 6.03 Å². The van der Waals surface area contributed by atoms with Crippen molar-refractivity contribution in [3.63, 3.8) is 0 Å². The van der Waals surface area contributed by atoms with E-state index in [1.54, 1.807) is 0 Å². The Morgan fingerprint density at radius 3 is 2.42 bits per heavy atom. The first-order chi connectivity index (χ1) is 9.08. The van der Waals surface area contributed by atoms with Crippen LogP contribution < -0.4 is 16.0 Å². The van der Waals surface area contributed by atoms with Crippen LogP contribution in [0.5, 0.6) is 0 Å². The summed E-state index contributed by atoms with van der Waals surface area (Å²) in [5, 5.41) is 8.32. The number of nitrogens with one attached hydrogen (secondary N) is 3. The number of amides is 3. The maximum Gasteiger partial charge on any atom is 0.315 e. The second-order valence-corrected chi connectivity index (χ2v) is 5.69. The molecule has 0 radical (unpaired) electrons. The van der Waals surface area contributed by atoms with E-state index in [0.29, 0.717) is 12.5 Å². The van der Waals surface area contributed by atoms with E-state index in [4.69, 9.17) is 0 Å². The van der Waals surface area contributed by atoms with Crippen LogP contribution in [0.4, 0.5) is 4.79 Å². The van der Waals surface area contributed by atoms with Gasteiger partial charge in [0.2, 0.25) is 5.91 Å². The molecule has 0 bridgehead atoms. The van der Waals surface area contributed by atoms with E-state index in [0.717, 1.165) is 19.3 Å². The molecule has 0 spiro atoms. The van der Waals surface area contributed by atoms with E-state index in [1.165, 1.54) is 19.3 Å². The zero-order valence-electron chi connectivity index (χ0n) is 12.1. The fraction of sp³-hybridized carbons (Fsp3) is 0.857. The number of hydrogen-bond acceptors (Lipinski definition) is 2. The molecule has 3 amide bonds. The predicted molar refractivity (Wildman–Crippen MR) is 75.9 cm³/mol. The van der Waals surface area contributed by atoms with E-state index in [-0.39, 0.29) is 24.5 Å². The zero-order chi connectivity index (χ0) is 14.1. The zero-order valence-corrected chi connectivity index (χ0v) is 12.1. The molecule has 1 aliphatic carbocycles. The summed E-state index contributed by atoms with van der Waals surface area (Å²) < 4.78 is 0. The molecule has 0 unspecified atom stereocenters. The van der Waals surface area contributed by atoms with Crippen LogP contribution in [0.25, 0.3) is 0 Å². The Bertz CT molecular complexity index is 286. The van der Waals surface area contributed by atoms with Crippen LogP contribution in [0.1, 0.15) is 52.4 Å². The minimum Gasteiger partial charge on any atom is -0.355 e. The first-order valence-electron chi connectivity index (χ1n) is 7.39. The summed E-state index contributed by atoms with van der Waals surface area (Å²) in [6.07, 6.45) is 6.68. The standard InChI is InChI=1S/C14H27N3O2/c1-11(2)8-9-15-13(18)10-16-14(19)17-12-6-4-3-5-7-12/h11-12H,3-10H2,1-2H3,(H,15,18)(H2,16,17,19). The fourth-order valence-electron chi connectivity index (χ4n) is 2.21. The smallest absolute Gasteiger partial charge is 0.315 e. The van der Waals surface area contributed by atoms with Gasteiger partial charge in [0.25, 0.3) is 0 Å². The maximum atomic E-state index is 11.6. The SMILES string of the molecule is CC(C)CCNC(=O)CNC(=O)NC1CCCCC1. The Kier molecular flexibility index (Phi) is 7.30. The summed E-state index contributed by atoms with van der Waals surface area (Å²) in [4.78, 5) is 23.1. The molecular weight excluding hydrogens is 242 g/mol. The molecule has 0 atom stereocenters. The maximum absolute atomic E-state index is 11.6. The van der Waals surface area contributed by atoms with Gasteiger partial charge in [0.05, 0.1) is 6.54 Å². The van der Waals surface area contributed by atoms with Crippen LogP contribution in [-0.2, 0) is 4.79 Å². The van der Waals surface area contributed by atoms with Gasteiger partial charge in [0.15, 0.2) is 0 Å². The van der Waals surface area contributed by atoms with E-state index in [9.17, 15) is 9.59 Å².